The normalized spacial score (nSPS) is 10.7. The second-order valence-corrected chi connectivity index (χ2v) is 6.22. The van der Waals surface area contributed by atoms with E-state index < -0.39 is 5.82 Å². The van der Waals surface area contributed by atoms with Gasteiger partial charge in [0.15, 0.2) is 5.78 Å². The lowest BCUT2D eigenvalue weighted by molar-refractivity contribution is 0.101. The van der Waals surface area contributed by atoms with Gasteiger partial charge in [-0.25, -0.2) is 9.37 Å². The van der Waals surface area contributed by atoms with E-state index in [0.29, 0.717) is 22.5 Å². The number of carbonyl (C=O) groups is 1. The Hall–Kier alpha value is -3.60. The fraction of sp³-hybridized carbons (Fsp3) is 0.0455. The Balaban J connectivity index is 1.65. The van der Waals surface area contributed by atoms with Crippen molar-refractivity contribution in [1.82, 2.24) is 9.97 Å². The third-order valence-corrected chi connectivity index (χ3v) is 4.33. The van der Waals surface area contributed by atoms with E-state index in [1.807, 2.05) is 30.3 Å². The maximum Gasteiger partial charge on any atom is 0.159 e. The molecule has 0 atom stereocenters. The molecule has 27 heavy (non-hydrogen) atoms. The maximum absolute atomic E-state index is 14.3. The van der Waals surface area contributed by atoms with Crippen LogP contribution in [0.4, 0.5) is 15.9 Å². The molecule has 0 saturated carbocycles. The summed E-state index contributed by atoms with van der Waals surface area (Å²) in [5.41, 5.74) is 3.45. The zero-order valence-corrected chi connectivity index (χ0v) is 14.6. The van der Waals surface area contributed by atoms with E-state index in [0.717, 1.165) is 16.6 Å². The molecule has 2 heterocycles. The summed E-state index contributed by atoms with van der Waals surface area (Å²) in [7, 11) is 0. The van der Waals surface area contributed by atoms with Crippen LogP contribution in [-0.2, 0) is 0 Å². The minimum Gasteiger partial charge on any atom is -0.340 e. The highest BCUT2D eigenvalue weighted by atomic mass is 19.1. The number of rotatable bonds is 4. The molecular formula is C22H16FN3O. The highest BCUT2D eigenvalue weighted by Crippen LogP contribution is 2.27. The lowest BCUT2D eigenvalue weighted by Gasteiger charge is -2.10. The van der Waals surface area contributed by atoms with E-state index >= 15 is 0 Å². The topological polar surface area (TPSA) is 54.9 Å². The molecule has 0 bridgehead atoms. The lowest BCUT2D eigenvalue weighted by Crippen LogP contribution is -1.97. The Morgan fingerprint density at radius 3 is 2.59 bits per heavy atom. The third-order valence-electron chi connectivity index (χ3n) is 4.33. The van der Waals surface area contributed by atoms with E-state index in [1.165, 1.54) is 13.1 Å². The Morgan fingerprint density at radius 1 is 1.00 bits per heavy atom. The summed E-state index contributed by atoms with van der Waals surface area (Å²) in [4.78, 5) is 19.8. The van der Waals surface area contributed by atoms with E-state index in [1.54, 1.807) is 36.5 Å². The Kier molecular flexibility index (Phi) is 4.34. The van der Waals surface area contributed by atoms with Crippen molar-refractivity contribution in [2.24, 2.45) is 0 Å². The Bertz CT molecular complexity index is 1140. The number of carbonyl (C=O) groups excluding carboxylic acids is 1. The second kappa shape index (κ2) is 6.96. The molecular weight excluding hydrogens is 341 g/mol. The molecule has 4 aromatic rings. The first-order valence-corrected chi connectivity index (χ1v) is 8.49. The van der Waals surface area contributed by atoms with Crippen molar-refractivity contribution in [2.45, 2.75) is 6.92 Å². The van der Waals surface area contributed by atoms with E-state index in [2.05, 4.69) is 15.3 Å². The largest absolute Gasteiger partial charge is 0.340 e. The molecule has 0 unspecified atom stereocenters. The number of benzene rings is 2. The number of ketones is 1. The van der Waals surface area contributed by atoms with Crippen molar-refractivity contribution < 1.29 is 9.18 Å². The molecule has 2 aromatic heterocycles. The van der Waals surface area contributed by atoms with Crippen LogP contribution in [0.25, 0.3) is 22.0 Å². The molecule has 4 rings (SSSR count). The number of aromatic nitrogens is 2. The molecule has 0 aliphatic heterocycles. The van der Waals surface area contributed by atoms with Crippen molar-refractivity contribution >= 4 is 28.2 Å². The minimum absolute atomic E-state index is 0.0232. The summed E-state index contributed by atoms with van der Waals surface area (Å²) < 4.78 is 14.3. The van der Waals surface area contributed by atoms with Crippen LogP contribution in [-0.4, -0.2) is 15.8 Å². The lowest BCUT2D eigenvalue weighted by atomic mass is 10.0. The molecule has 1 N–H and O–H groups in total. The van der Waals surface area contributed by atoms with Crippen molar-refractivity contribution in [3.05, 3.63) is 84.4 Å². The van der Waals surface area contributed by atoms with E-state index in [9.17, 15) is 9.18 Å². The molecule has 132 valence electrons. The highest BCUT2D eigenvalue weighted by Gasteiger charge is 2.09. The van der Waals surface area contributed by atoms with Gasteiger partial charge in [-0.2, -0.15) is 0 Å². The van der Waals surface area contributed by atoms with Crippen LogP contribution in [0.5, 0.6) is 0 Å². The van der Waals surface area contributed by atoms with Crippen LogP contribution in [0.3, 0.4) is 0 Å². The third kappa shape index (κ3) is 3.53. The molecule has 0 amide bonds. The number of pyridine rings is 2. The zero-order valence-electron chi connectivity index (χ0n) is 14.6. The Morgan fingerprint density at radius 2 is 1.81 bits per heavy atom. The quantitative estimate of drug-likeness (QED) is 0.498. The van der Waals surface area contributed by atoms with E-state index in [-0.39, 0.29) is 5.78 Å². The van der Waals surface area contributed by atoms with Crippen LogP contribution in [0, 0.1) is 5.82 Å². The fourth-order valence-corrected chi connectivity index (χ4v) is 2.91. The van der Waals surface area contributed by atoms with Gasteiger partial charge in [-0.3, -0.25) is 9.78 Å². The van der Waals surface area contributed by atoms with Gasteiger partial charge >= 0.3 is 0 Å². The molecule has 0 aliphatic carbocycles. The van der Waals surface area contributed by atoms with Crippen LogP contribution >= 0.6 is 0 Å². The molecule has 0 spiro atoms. The van der Waals surface area contributed by atoms with Crippen LogP contribution < -0.4 is 5.32 Å². The molecule has 0 aliphatic rings. The number of halogens is 1. The van der Waals surface area contributed by atoms with Crippen molar-refractivity contribution in [1.29, 1.82) is 0 Å². The summed E-state index contributed by atoms with van der Waals surface area (Å²) in [6, 6.07) is 18.2. The summed E-state index contributed by atoms with van der Waals surface area (Å²) in [6.45, 7) is 1.50. The molecule has 2 aromatic carbocycles. The van der Waals surface area contributed by atoms with Crippen LogP contribution in [0.1, 0.15) is 17.3 Å². The average Bonchev–Trinajstić information content (AvgIpc) is 2.69. The summed E-state index contributed by atoms with van der Waals surface area (Å²) in [5, 5.41) is 4.21. The zero-order chi connectivity index (χ0) is 18.8. The standard InChI is InChI=1S/C22H16FN3O/c1-14(27)15-4-6-16(7-5-15)19-12-22(25-13-20(19)23)26-18-8-9-21-17(11-18)3-2-10-24-21/h2-13H,1H3,(H,25,26). The minimum atomic E-state index is -0.418. The number of hydrogen-bond acceptors (Lipinski definition) is 4. The van der Waals surface area contributed by atoms with Gasteiger partial charge in [-0.1, -0.05) is 30.3 Å². The molecule has 4 nitrogen and oxygen atoms in total. The predicted octanol–water partition coefficient (Wildman–Crippen LogP) is 5.38. The van der Waals surface area contributed by atoms with Gasteiger partial charge in [0, 0.05) is 28.4 Å². The highest BCUT2D eigenvalue weighted by molar-refractivity contribution is 5.94. The first kappa shape index (κ1) is 16.8. The number of Topliss-reactive ketones (excluding diaryl/α,β-unsaturated/α-hetero) is 1. The monoisotopic (exact) mass is 357 g/mol. The summed E-state index contributed by atoms with van der Waals surface area (Å²) in [5.74, 6) is 0.0917. The maximum atomic E-state index is 14.3. The number of fused-ring (bicyclic) bond motifs is 1. The molecule has 0 saturated heterocycles. The number of hydrogen-bond donors (Lipinski definition) is 1. The first-order valence-electron chi connectivity index (χ1n) is 8.49. The van der Waals surface area contributed by atoms with Crippen molar-refractivity contribution in [3.8, 4) is 11.1 Å². The molecule has 0 fully saturated rings. The Labute approximate surface area is 155 Å². The van der Waals surface area contributed by atoms with E-state index in [4.69, 9.17) is 0 Å². The van der Waals surface area contributed by atoms with Crippen LogP contribution in [0.2, 0.25) is 0 Å². The second-order valence-electron chi connectivity index (χ2n) is 6.22. The molecule has 5 heteroatoms. The summed E-state index contributed by atoms with van der Waals surface area (Å²) in [6.07, 6.45) is 2.94. The average molecular weight is 357 g/mol. The number of anilines is 2. The molecule has 0 radical (unpaired) electrons. The van der Waals surface area contributed by atoms with Crippen molar-refractivity contribution in [3.63, 3.8) is 0 Å². The number of nitrogens with one attached hydrogen (secondary N) is 1. The summed E-state index contributed by atoms with van der Waals surface area (Å²) >= 11 is 0. The van der Waals surface area contributed by atoms with Crippen molar-refractivity contribution in [2.75, 3.05) is 5.32 Å². The van der Waals surface area contributed by atoms with Crippen LogP contribution in [0.15, 0.2) is 73.1 Å². The fourth-order valence-electron chi connectivity index (χ4n) is 2.91. The van der Waals surface area contributed by atoms with Gasteiger partial charge in [0.2, 0.25) is 0 Å². The van der Waals surface area contributed by atoms with Gasteiger partial charge in [-0.15, -0.1) is 0 Å². The SMILES string of the molecule is CC(=O)c1ccc(-c2cc(Nc3ccc4ncccc4c3)ncc2F)cc1. The van der Waals surface area contributed by atoms with Gasteiger partial charge in [0.05, 0.1) is 11.7 Å². The van der Waals surface area contributed by atoms with Gasteiger partial charge < -0.3 is 5.32 Å². The number of nitrogens with zero attached hydrogens (tertiary/aromatic N) is 2. The van der Waals surface area contributed by atoms with Gasteiger partial charge in [0.1, 0.15) is 11.6 Å². The van der Waals surface area contributed by atoms with Gasteiger partial charge in [-0.05, 0) is 42.8 Å². The smallest absolute Gasteiger partial charge is 0.159 e. The predicted molar refractivity (Wildman–Crippen MR) is 105 cm³/mol. The van der Waals surface area contributed by atoms with Gasteiger partial charge in [0.25, 0.3) is 0 Å². The first-order chi connectivity index (χ1) is 13.1.